The maximum atomic E-state index is 4.95. The van der Waals surface area contributed by atoms with Gasteiger partial charge in [-0.3, -0.25) is 0 Å². The second-order valence-electron chi connectivity index (χ2n) is 5.29. The largest absolute Gasteiger partial charge is 0.366 e. The lowest BCUT2D eigenvalue weighted by atomic mass is 9.90. The van der Waals surface area contributed by atoms with Gasteiger partial charge in [0.05, 0.1) is 0 Å². The SMILES string of the molecule is CC1Cc2ccccc2C1CC1=CNC(C=S)N1. The van der Waals surface area contributed by atoms with Gasteiger partial charge in [0.1, 0.15) is 6.17 Å². The highest BCUT2D eigenvalue weighted by Crippen LogP contribution is 2.41. The summed E-state index contributed by atoms with van der Waals surface area (Å²) in [5.41, 5.74) is 4.32. The zero-order valence-electron chi connectivity index (χ0n) is 10.5. The smallest absolute Gasteiger partial charge is 0.126 e. The quantitative estimate of drug-likeness (QED) is 0.815. The minimum absolute atomic E-state index is 0.127. The van der Waals surface area contributed by atoms with Crippen molar-refractivity contribution in [2.24, 2.45) is 5.92 Å². The Morgan fingerprint density at radius 1 is 1.39 bits per heavy atom. The van der Waals surface area contributed by atoms with Crippen LogP contribution in [0.2, 0.25) is 0 Å². The molecule has 2 N–H and O–H groups in total. The summed E-state index contributed by atoms with van der Waals surface area (Å²) in [5.74, 6) is 1.35. The zero-order valence-corrected chi connectivity index (χ0v) is 11.3. The molecule has 0 saturated carbocycles. The predicted molar refractivity (Wildman–Crippen MR) is 78.5 cm³/mol. The Morgan fingerprint density at radius 3 is 3.00 bits per heavy atom. The van der Waals surface area contributed by atoms with Crippen LogP contribution < -0.4 is 10.6 Å². The fourth-order valence-electron chi connectivity index (χ4n) is 3.09. The molecular formula is C15H18N2S. The van der Waals surface area contributed by atoms with E-state index in [1.807, 2.05) is 0 Å². The van der Waals surface area contributed by atoms with E-state index in [1.54, 1.807) is 5.37 Å². The Bertz CT molecular complexity index is 495. The molecule has 1 aliphatic carbocycles. The van der Waals surface area contributed by atoms with E-state index in [1.165, 1.54) is 23.2 Å². The molecule has 3 atom stereocenters. The van der Waals surface area contributed by atoms with Crippen molar-refractivity contribution < 1.29 is 0 Å². The molecule has 0 spiro atoms. The number of benzene rings is 1. The van der Waals surface area contributed by atoms with Crippen molar-refractivity contribution in [1.29, 1.82) is 0 Å². The van der Waals surface area contributed by atoms with Gasteiger partial charge in [-0.1, -0.05) is 43.4 Å². The normalized spacial score (nSPS) is 29.2. The topological polar surface area (TPSA) is 24.1 Å². The van der Waals surface area contributed by atoms with Gasteiger partial charge in [-0.05, 0) is 35.8 Å². The van der Waals surface area contributed by atoms with Crippen molar-refractivity contribution in [3.05, 3.63) is 47.3 Å². The molecule has 3 rings (SSSR count). The van der Waals surface area contributed by atoms with Crippen molar-refractivity contribution in [2.45, 2.75) is 31.8 Å². The minimum Gasteiger partial charge on any atom is -0.366 e. The molecule has 1 aliphatic heterocycles. The number of fused-ring (bicyclic) bond motifs is 1. The van der Waals surface area contributed by atoms with E-state index < -0.39 is 0 Å². The Kier molecular flexibility index (Phi) is 3.08. The lowest BCUT2D eigenvalue weighted by Crippen LogP contribution is -2.33. The highest BCUT2D eigenvalue weighted by atomic mass is 32.1. The Labute approximate surface area is 113 Å². The Morgan fingerprint density at radius 2 is 2.22 bits per heavy atom. The van der Waals surface area contributed by atoms with Crippen molar-refractivity contribution in [2.75, 3.05) is 0 Å². The van der Waals surface area contributed by atoms with Gasteiger partial charge < -0.3 is 10.6 Å². The Hall–Kier alpha value is -1.35. The predicted octanol–water partition coefficient (Wildman–Crippen LogP) is 2.71. The van der Waals surface area contributed by atoms with Gasteiger partial charge in [0.25, 0.3) is 0 Å². The van der Waals surface area contributed by atoms with Crippen molar-refractivity contribution in [3.8, 4) is 0 Å². The average molecular weight is 258 g/mol. The van der Waals surface area contributed by atoms with Gasteiger partial charge in [-0.2, -0.15) is 0 Å². The highest BCUT2D eigenvalue weighted by molar-refractivity contribution is 7.79. The summed E-state index contributed by atoms with van der Waals surface area (Å²) < 4.78 is 0. The molecule has 94 valence electrons. The molecule has 3 unspecified atom stereocenters. The first kappa shape index (κ1) is 11.7. The van der Waals surface area contributed by atoms with Gasteiger partial charge in [0, 0.05) is 17.3 Å². The van der Waals surface area contributed by atoms with Crippen LogP contribution in [0.3, 0.4) is 0 Å². The third-order valence-electron chi connectivity index (χ3n) is 4.04. The molecular weight excluding hydrogens is 240 g/mol. The van der Waals surface area contributed by atoms with E-state index in [-0.39, 0.29) is 6.17 Å². The van der Waals surface area contributed by atoms with Crippen molar-refractivity contribution in [3.63, 3.8) is 0 Å². The fraction of sp³-hybridized carbons (Fsp3) is 0.400. The van der Waals surface area contributed by atoms with Crippen LogP contribution in [0.15, 0.2) is 36.2 Å². The summed E-state index contributed by atoms with van der Waals surface area (Å²) in [4.78, 5) is 0. The monoisotopic (exact) mass is 258 g/mol. The summed E-state index contributed by atoms with van der Waals surface area (Å²) in [6, 6.07) is 8.84. The summed E-state index contributed by atoms with van der Waals surface area (Å²) in [5, 5.41) is 8.38. The number of hydrogen-bond donors (Lipinski definition) is 2. The summed E-state index contributed by atoms with van der Waals surface area (Å²) in [7, 11) is 0. The number of hydrogen-bond acceptors (Lipinski definition) is 3. The molecule has 0 fully saturated rings. The van der Waals surface area contributed by atoms with Crippen LogP contribution in [0.5, 0.6) is 0 Å². The van der Waals surface area contributed by atoms with E-state index in [0.29, 0.717) is 5.92 Å². The summed E-state index contributed by atoms with van der Waals surface area (Å²) in [6.45, 7) is 2.35. The first-order valence-corrected chi connectivity index (χ1v) is 7.00. The average Bonchev–Trinajstić information content (AvgIpc) is 2.96. The highest BCUT2D eigenvalue weighted by Gasteiger charge is 2.30. The van der Waals surface area contributed by atoms with Gasteiger partial charge in [-0.15, -0.1) is 0 Å². The van der Waals surface area contributed by atoms with E-state index >= 15 is 0 Å². The van der Waals surface area contributed by atoms with Gasteiger partial charge in [0.2, 0.25) is 0 Å². The number of rotatable bonds is 3. The molecule has 0 amide bonds. The fourth-order valence-corrected chi connectivity index (χ4v) is 3.24. The number of allylic oxidation sites excluding steroid dienone is 1. The van der Waals surface area contributed by atoms with Crippen molar-refractivity contribution >= 4 is 17.6 Å². The van der Waals surface area contributed by atoms with E-state index in [0.717, 1.165) is 12.3 Å². The molecule has 1 aromatic carbocycles. The number of nitrogens with one attached hydrogen (secondary N) is 2. The van der Waals surface area contributed by atoms with Crippen LogP contribution >= 0.6 is 12.2 Å². The second kappa shape index (κ2) is 4.73. The molecule has 2 nitrogen and oxygen atoms in total. The van der Waals surface area contributed by atoms with Gasteiger partial charge >= 0.3 is 0 Å². The molecule has 18 heavy (non-hydrogen) atoms. The molecule has 0 saturated heterocycles. The lowest BCUT2D eigenvalue weighted by Gasteiger charge is -2.18. The molecule has 0 bridgehead atoms. The summed E-state index contributed by atoms with van der Waals surface area (Å²) in [6.07, 6.45) is 4.48. The van der Waals surface area contributed by atoms with Crippen LogP contribution in [0, 0.1) is 5.92 Å². The second-order valence-corrected chi connectivity index (χ2v) is 5.56. The molecule has 1 aromatic rings. The van der Waals surface area contributed by atoms with Crippen molar-refractivity contribution in [1.82, 2.24) is 10.6 Å². The van der Waals surface area contributed by atoms with Crippen LogP contribution in [0.4, 0.5) is 0 Å². The first-order valence-electron chi connectivity index (χ1n) is 6.52. The van der Waals surface area contributed by atoms with Gasteiger partial charge in [-0.25, -0.2) is 0 Å². The number of thiocarbonyl (C=S) groups is 1. The third kappa shape index (κ3) is 2.03. The zero-order chi connectivity index (χ0) is 12.5. The summed E-state index contributed by atoms with van der Waals surface area (Å²) >= 11 is 4.95. The van der Waals surface area contributed by atoms with Gasteiger partial charge in [0.15, 0.2) is 0 Å². The minimum atomic E-state index is 0.127. The molecule has 2 aliphatic rings. The molecule has 1 heterocycles. The Balaban J connectivity index is 1.76. The molecule has 3 heteroatoms. The maximum absolute atomic E-state index is 4.95. The van der Waals surface area contributed by atoms with Crippen LogP contribution in [0.25, 0.3) is 0 Å². The standard InChI is InChI=1S/C15H18N2S/c1-10-6-11-4-2-3-5-13(11)14(10)7-12-8-16-15(9-18)17-12/h2-5,8-10,14-17H,6-7H2,1H3. The maximum Gasteiger partial charge on any atom is 0.126 e. The van der Waals surface area contributed by atoms with E-state index in [9.17, 15) is 0 Å². The van der Waals surface area contributed by atoms with Crippen LogP contribution in [-0.2, 0) is 6.42 Å². The first-order chi connectivity index (χ1) is 8.78. The molecule has 0 radical (unpaired) electrons. The lowest BCUT2D eigenvalue weighted by molar-refractivity contribution is 0.485. The van der Waals surface area contributed by atoms with Crippen LogP contribution in [0.1, 0.15) is 30.4 Å². The van der Waals surface area contributed by atoms with E-state index in [4.69, 9.17) is 12.2 Å². The third-order valence-corrected chi connectivity index (χ3v) is 4.31. The van der Waals surface area contributed by atoms with Crippen LogP contribution in [-0.4, -0.2) is 11.5 Å². The molecule has 0 aromatic heterocycles. The van der Waals surface area contributed by atoms with E-state index in [2.05, 4.69) is 48.0 Å².